The largest absolute Gasteiger partial charge is 1.00 e. The van der Waals surface area contributed by atoms with Gasteiger partial charge in [-0.15, -0.1) is 0 Å². The Morgan fingerprint density at radius 1 is 1.12 bits per heavy atom. The summed E-state index contributed by atoms with van der Waals surface area (Å²) in [5.41, 5.74) is 0. The molecule has 0 saturated heterocycles. The third-order valence-electron chi connectivity index (χ3n) is 0.469. The van der Waals surface area contributed by atoms with Crippen LogP contribution in [-0.4, -0.2) is 20.9 Å². The molecule has 8 heavy (non-hydrogen) atoms. The van der Waals surface area contributed by atoms with Gasteiger partial charge in [0.15, 0.2) is 0 Å². The summed E-state index contributed by atoms with van der Waals surface area (Å²) in [5, 5.41) is 0. The predicted octanol–water partition coefficient (Wildman–Crippen LogP) is -2.40. The van der Waals surface area contributed by atoms with Crippen molar-refractivity contribution in [2.45, 2.75) is 13.8 Å². The van der Waals surface area contributed by atoms with Crippen LogP contribution in [0.3, 0.4) is 0 Å². The standard InChI is InChI=1S/C4H10BO2.ClH/c1-3-6-5-7-4-2;/h3-4H2,1-2H3;1H/q+1;/p-1. The second kappa shape index (κ2) is 10.3. The third kappa shape index (κ3) is 9.55. The van der Waals surface area contributed by atoms with Crippen LogP contribution < -0.4 is 12.4 Å². The van der Waals surface area contributed by atoms with Crippen molar-refractivity contribution < 1.29 is 21.7 Å². The molecule has 0 rings (SSSR count). The first-order valence-electron chi connectivity index (χ1n) is 2.46. The van der Waals surface area contributed by atoms with Gasteiger partial charge in [-0.3, -0.25) is 0 Å². The maximum Gasteiger partial charge on any atom is -1.00 e. The maximum absolute atomic E-state index is 4.73. The zero-order chi connectivity index (χ0) is 5.54. The fourth-order valence-corrected chi connectivity index (χ4v) is 0.184. The van der Waals surface area contributed by atoms with Crippen LogP contribution in [0.5, 0.6) is 0 Å². The summed E-state index contributed by atoms with van der Waals surface area (Å²) in [6.07, 6.45) is 0. The smallest absolute Gasteiger partial charge is 1.00 e. The van der Waals surface area contributed by atoms with Gasteiger partial charge in [0.2, 0.25) is 0 Å². The summed E-state index contributed by atoms with van der Waals surface area (Å²) in [5.74, 6) is 0. The van der Waals surface area contributed by atoms with Gasteiger partial charge in [-0.25, -0.2) is 0 Å². The van der Waals surface area contributed by atoms with E-state index in [9.17, 15) is 0 Å². The van der Waals surface area contributed by atoms with E-state index >= 15 is 0 Å². The van der Waals surface area contributed by atoms with Crippen molar-refractivity contribution in [1.82, 2.24) is 0 Å². The fourth-order valence-electron chi connectivity index (χ4n) is 0.184. The second-order valence-electron chi connectivity index (χ2n) is 1.01. The third-order valence-corrected chi connectivity index (χ3v) is 0.469. The molecule has 0 heterocycles. The molecule has 0 atom stereocenters. The number of rotatable bonds is 4. The van der Waals surface area contributed by atoms with Crippen LogP contribution in [0.15, 0.2) is 0 Å². The summed E-state index contributed by atoms with van der Waals surface area (Å²) in [4.78, 5) is 0. The number of halogens is 1. The molecule has 48 valence electrons. The predicted molar refractivity (Wildman–Crippen MR) is 29.0 cm³/mol. The Balaban J connectivity index is 0. The quantitative estimate of drug-likeness (QED) is 0.317. The molecule has 0 fully saturated rings. The molecular formula is C4H10BClO2. The summed E-state index contributed by atoms with van der Waals surface area (Å²) >= 11 is 0. The zero-order valence-corrected chi connectivity index (χ0v) is 5.94. The van der Waals surface area contributed by atoms with E-state index in [-0.39, 0.29) is 12.4 Å². The Kier molecular flexibility index (Phi) is 14.3. The van der Waals surface area contributed by atoms with Crippen molar-refractivity contribution in [3.8, 4) is 0 Å². The minimum absolute atomic E-state index is 0. The topological polar surface area (TPSA) is 18.5 Å². The van der Waals surface area contributed by atoms with Gasteiger partial charge >= 0.3 is 44.1 Å². The van der Waals surface area contributed by atoms with Crippen molar-refractivity contribution in [3.63, 3.8) is 0 Å². The molecule has 0 aliphatic heterocycles. The zero-order valence-electron chi connectivity index (χ0n) is 5.19. The summed E-state index contributed by atoms with van der Waals surface area (Å²) in [7, 11) is 1.36. The average molecular weight is 136 g/mol. The van der Waals surface area contributed by atoms with Gasteiger partial charge in [-0.1, -0.05) is 0 Å². The van der Waals surface area contributed by atoms with Gasteiger partial charge in [0.25, 0.3) is 0 Å². The molecule has 0 saturated carbocycles. The van der Waals surface area contributed by atoms with E-state index in [1.165, 1.54) is 7.69 Å². The number of hydrogen-bond acceptors (Lipinski definition) is 2. The Morgan fingerprint density at radius 2 is 1.50 bits per heavy atom. The van der Waals surface area contributed by atoms with Crippen molar-refractivity contribution in [3.05, 3.63) is 0 Å². The molecule has 0 unspecified atom stereocenters. The van der Waals surface area contributed by atoms with Gasteiger partial charge in [0.1, 0.15) is 0 Å². The summed E-state index contributed by atoms with van der Waals surface area (Å²) in [6, 6.07) is 0. The molecule has 0 aromatic heterocycles. The van der Waals surface area contributed by atoms with Crippen LogP contribution in [-0.2, 0) is 9.31 Å². The van der Waals surface area contributed by atoms with Gasteiger partial charge in [-0.05, 0) is 0 Å². The first kappa shape index (κ1) is 11.1. The number of hydrogen-bond donors (Lipinski definition) is 0. The van der Waals surface area contributed by atoms with Gasteiger partial charge < -0.3 is 12.4 Å². The maximum atomic E-state index is 4.73. The van der Waals surface area contributed by atoms with Gasteiger partial charge in [0.05, 0.1) is 0 Å². The molecular weight excluding hydrogens is 126 g/mol. The van der Waals surface area contributed by atoms with Crippen LogP contribution in [0.25, 0.3) is 0 Å². The Hall–Kier alpha value is 0.275. The molecule has 0 bridgehead atoms. The van der Waals surface area contributed by atoms with Crippen molar-refractivity contribution in [2.24, 2.45) is 0 Å². The molecule has 2 nitrogen and oxygen atoms in total. The molecule has 0 aliphatic rings. The van der Waals surface area contributed by atoms with E-state index in [0.717, 1.165) is 0 Å². The van der Waals surface area contributed by atoms with Crippen molar-refractivity contribution in [1.29, 1.82) is 0 Å². The molecule has 0 radical (unpaired) electrons. The monoisotopic (exact) mass is 136 g/mol. The normalized spacial score (nSPS) is 7.25. The second-order valence-corrected chi connectivity index (χ2v) is 1.01. The SMILES string of the molecule is CCO[B+]OCC.[Cl-]. The molecule has 4 heteroatoms. The van der Waals surface area contributed by atoms with Crippen LogP contribution in [0.4, 0.5) is 0 Å². The van der Waals surface area contributed by atoms with E-state index in [4.69, 9.17) is 9.31 Å². The van der Waals surface area contributed by atoms with E-state index in [2.05, 4.69) is 0 Å². The first-order chi connectivity index (χ1) is 3.41. The molecule has 0 aromatic rings. The minimum atomic E-state index is 0. The fraction of sp³-hybridized carbons (Fsp3) is 1.00. The van der Waals surface area contributed by atoms with Crippen LogP contribution in [0.1, 0.15) is 13.8 Å². The van der Waals surface area contributed by atoms with Gasteiger partial charge in [0, 0.05) is 0 Å². The summed E-state index contributed by atoms with van der Waals surface area (Å²) in [6.45, 7) is 5.19. The van der Waals surface area contributed by atoms with Crippen molar-refractivity contribution in [2.75, 3.05) is 13.2 Å². The van der Waals surface area contributed by atoms with Crippen LogP contribution >= 0.6 is 0 Å². The first-order valence-corrected chi connectivity index (χ1v) is 2.46. The Labute approximate surface area is 57.3 Å². The average Bonchev–Trinajstić information content (AvgIpc) is 1.69. The van der Waals surface area contributed by atoms with Crippen LogP contribution in [0, 0.1) is 0 Å². The van der Waals surface area contributed by atoms with E-state index in [1.54, 1.807) is 0 Å². The summed E-state index contributed by atoms with van der Waals surface area (Å²) < 4.78 is 9.45. The minimum Gasteiger partial charge on any atom is -1.00 e. The van der Waals surface area contributed by atoms with Crippen LogP contribution in [0.2, 0.25) is 0 Å². The Bertz CT molecular complexity index is 33.2. The van der Waals surface area contributed by atoms with Gasteiger partial charge in [-0.2, -0.15) is 0 Å². The van der Waals surface area contributed by atoms with E-state index < -0.39 is 0 Å². The Morgan fingerprint density at radius 3 is 1.75 bits per heavy atom. The van der Waals surface area contributed by atoms with Crippen molar-refractivity contribution >= 4 is 7.69 Å². The molecule has 0 spiro atoms. The molecule has 0 aromatic carbocycles. The molecule has 0 amide bonds. The molecule has 0 N–H and O–H groups in total. The van der Waals surface area contributed by atoms with E-state index in [1.807, 2.05) is 13.8 Å². The van der Waals surface area contributed by atoms with E-state index in [0.29, 0.717) is 13.2 Å². The molecule has 0 aliphatic carbocycles.